The largest absolute Gasteiger partial charge is 0.507 e. The number of aryl methyl sites for hydroxylation is 1. The van der Waals surface area contributed by atoms with Gasteiger partial charge in [0.15, 0.2) is 6.29 Å². The normalized spacial score (nSPS) is 9.75. The molecule has 0 saturated carbocycles. The second kappa shape index (κ2) is 3.90. The van der Waals surface area contributed by atoms with Gasteiger partial charge in [-0.1, -0.05) is 19.4 Å². The van der Waals surface area contributed by atoms with Crippen molar-refractivity contribution in [3.8, 4) is 5.75 Å². The van der Waals surface area contributed by atoms with Gasteiger partial charge in [0.1, 0.15) is 5.75 Å². The van der Waals surface area contributed by atoms with E-state index in [1.54, 1.807) is 12.1 Å². The summed E-state index contributed by atoms with van der Waals surface area (Å²) in [4.78, 5) is 10.3. The van der Waals surface area contributed by atoms with Crippen molar-refractivity contribution < 1.29 is 9.90 Å². The first kappa shape index (κ1) is 8.78. The second-order valence-electron chi connectivity index (χ2n) is 2.76. The molecule has 0 aliphatic carbocycles. The Kier molecular flexibility index (Phi) is 2.86. The van der Waals surface area contributed by atoms with Gasteiger partial charge in [0.25, 0.3) is 0 Å². The van der Waals surface area contributed by atoms with Crippen molar-refractivity contribution >= 4 is 6.29 Å². The van der Waals surface area contributed by atoms with Crippen molar-refractivity contribution in [2.45, 2.75) is 19.8 Å². The van der Waals surface area contributed by atoms with E-state index in [1.165, 1.54) is 0 Å². The van der Waals surface area contributed by atoms with Crippen LogP contribution in [-0.2, 0) is 6.42 Å². The first-order valence-corrected chi connectivity index (χ1v) is 4.05. The Bertz CT molecular complexity index is 279. The Hall–Kier alpha value is -1.31. The minimum Gasteiger partial charge on any atom is -0.507 e. The van der Waals surface area contributed by atoms with Crippen LogP contribution in [0.3, 0.4) is 0 Å². The van der Waals surface area contributed by atoms with Crippen LogP contribution in [0.2, 0.25) is 0 Å². The van der Waals surface area contributed by atoms with E-state index in [0.29, 0.717) is 11.8 Å². The molecule has 64 valence electrons. The molecule has 2 nitrogen and oxygen atoms in total. The van der Waals surface area contributed by atoms with Gasteiger partial charge in [-0.2, -0.15) is 0 Å². The van der Waals surface area contributed by atoms with Crippen molar-refractivity contribution in [1.29, 1.82) is 0 Å². The number of phenolic OH excluding ortho intramolecular Hbond substituents is 1. The predicted molar refractivity (Wildman–Crippen MR) is 47.5 cm³/mol. The zero-order chi connectivity index (χ0) is 8.97. The first-order chi connectivity index (χ1) is 5.77. The second-order valence-corrected chi connectivity index (χ2v) is 2.76. The van der Waals surface area contributed by atoms with Crippen molar-refractivity contribution in [3.05, 3.63) is 29.3 Å². The zero-order valence-electron chi connectivity index (χ0n) is 7.08. The standard InChI is InChI=1S/C10H12O2/c1-2-3-8-4-5-9(7-11)10(12)6-8/h4-7,12H,2-3H2,1H3. The molecule has 1 aromatic carbocycles. The summed E-state index contributed by atoms with van der Waals surface area (Å²) in [6, 6.07) is 5.16. The SMILES string of the molecule is CCCc1ccc(C=O)c(O)c1. The van der Waals surface area contributed by atoms with E-state index in [9.17, 15) is 9.90 Å². The van der Waals surface area contributed by atoms with Gasteiger partial charge in [0.05, 0.1) is 5.56 Å². The summed E-state index contributed by atoms with van der Waals surface area (Å²) in [6.07, 6.45) is 2.64. The van der Waals surface area contributed by atoms with Crippen molar-refractivity contribution in [1.82, 2.24) is 0 Å². The summed E-state index contributed by atoms with van der Waals surface area (Å²) in [5.41, 5.74) is 1.43. The highest BCUT2D eigenvalue weighted by Gasteiger charge is 1.99. The molecular formula is C10H12O2. The van der Waals surface area contributed by atoms with E-state index in [1.807, 2.05) is 6.07 Å². The van der Waals surface area contributed by atoms with Crippen LogP contribution in [0.15, 0.2) is 18.2 Å². The van der Waals surface area contributed by atoms with Crippen LogP contribution in [0, 0.1) is 0 Å². The maximum atomic E-state index is 10.3. The molecule has 0 aliphatic heterocycles. The molecule has 0 aliphatic rings. The Balaban J connectivity index is 2.93. The molecule has 1 aromatic rings. The lowest BCUT2D eigenvalue weighted by Crippen LogP contribution is -1.86. The molecule has 0 unspecified atom stereocenters. The van der Waals surface area contributed by atoms with Crippen LogP contribution in [0.1, 0.15) is 29.3 Å². The third-order valence-electron chi connectivity index (χ3n) is 1.76. The summed E-state index contributed by atoms with van der Waals surface area (Å²) >= 11 is 0. The van der Waals surface area contributed by atoms with Gasteiger partial charge in [-0.15, -0.1) is 0 Å². The lowest BCUT2D eigenvalue weighted by molar-refractivity contribution is 0.112. The number of rotatable bonds is 3. The van der Waals surface area contributed by atoms with E-state index < -0.39 is 0 Å². The number of carbonyl (C=O) groups is 1. The quantitative estimate of drug-likeness (QED) is 0.695. The van der Waals surface area contributed by atoms with Crippen LogP contribution in [-0.4, -0.2) is 11.4 Å². The van der Waals surface area contributed by atoms with E-state index in [2.05, 4.69) is 6.92 Å². The van der Waals surface area contributed by atoms with Gasteiger partial charge in [-0.25, -0.2) is 0 Å². The Morgan fingerprint density at radius 1 is 1.50 bits per heavy atom. The predicted octanol–water partition coefficient (Wildman–Crippen LogP) is 2.16. The van der Waals surface area contributed by atoms with Crippen LogP contribution < -0.4 is 0 Å². The minimum atomic E-state index is 0.0796. The number of aldehydes is 1. The fourth-order valence-electron chi connectivity index (χ4n) is 1.13. The first-order valence-electron chi connectivity index (χ1n) is 4.05. The smallest absolute Gasteiger partial charge is 0.153 e. The number of hydrogen-bond acceptors (Lipinski definition) is 2. The molecule has 0 spiro atoms. The molecule has 2 heteroatoms. The monoisotopic (exact) mass is 164 g/mol. The van der Waals surface area contributed by atoms with Gasteiger partial charge in [-0.05, 0) is 24.1 Å². The Morgan fingerprint density at radius 3 is 2.75 bits per heavy atom. The molecule has 12 heavy (non-hydrogen) atoms. The molecule has 0 bridgehead atoms. The molecular weight excluding hydrogens is 152 g/mol. The topological polar surface area (TPSA) is 37.3 Å². The summed E-state index contributed by atoms with van der Waals surface area (Å²) in [6.45, 7) is 2.07. The van der Waals surface area contributed by atoms with Crippen molar-refractivity contribution in [2.24, 2.45) is 0 Å². The molecule has 0 heterocycles. The molecule has 0 fully saturated rings. The summed E-state index contributed by atoms with van der Waals surface area (Å²) in [7, 11) is 0. The molecule has 0 aromatic heterocycles. The number of hydrogen-bond donors (Lipinski definition) is 1. The van der Waals surface area contributed by atoms with Gasteiger partial charge in [-0.3, -0.25) is 4.79 Å². The molecule has 1 N–H and O–H groups in total. The summed E-state index contributed by atoms with van der Waals surface area (Å²) in [5.74, 6) is 0.0796. The van der Waals surface area contributed by atoms with Gasteiger partial charge < -0.3 is 5.11 Å². The third-order valence-corrected chi connectivity index (χ3v) is 1.76. The van der Waals surface area contributed by atoms with E-state index in [4.69, 9.17) is 0 Å². The fourth-order valence-corrected chi connectivity index (χ4v) is 1.13. The Labute approximate surface area is 71.8 Å². The number of carbonyl (C=O) groups excluding carboxylic acids is 1. The Morgan fingerprint density at radius 2 is 2.25 bits per heavy atom. The lowest BCUT2D eigenvalue weighted by atomic mass is 10.1. The molecule has 0 radical (unpaired) electrons. The maximum Gasteiger partial charge on any atom is 0.153 e. The number of benzene rings is 1. The lowest BCUT2D eigenvalue weighted by Gasteiger charge is -2.00. The highest BCUT2D eigenvalue weighted by molar-refractivity contribution is 5.79. The fraction of sp³-hybridized carbons (Fsp3) is 0.300. The van der Waals surface area contributed by atoms with Gasteiger partial charge >= 0.3 is 0 Å². The summed E-state index contributed by atoms with van der Waals surface area (Å²) < 4.78 is 0. The average Bonchev–Trinajstić information content (AvgIpc) is 2.05. The zero-order valence-corrected chi connectivity index (χ0v) is 7.08. The third kappa shape index (κ3) is 1.84. The van der Waals surface area contributed by atoms with E-state index in [0.717, 1.165) is 18.4 Å². The van der Waals surface area contributed by atoms with E-state index >= 15 is 0 Å². The van der Waals surface area contributed by atoms with Gasteiger partial charge in [0, 0.05) is 0 Å². The van der Waals surface area contributed by atoms with Crippen LogP contribution in [0.5, 0.6) is 5.75 Å². The maximum absolute atomic E-state index is 10.3. The van der Waals surface area contributed by atoms with E-state index in [-0.39, 0.29) is 5.75 Å². The van der Waals surface area contributed by atoms with Crippen LogP contribution in [0.4, 0.5) is 0 Å². The van der Waals surface area contributed by atoms with Crippen LogP contribution in [0.25, 0.3) is 0 Å². The van der Waals surface area contributed by atoms with Gasteiger partial charge in [0.2, 0.25) is 0 Å². The molecule has 1 rings (SSSR count). The number of phenols is 1. The van der Waals surface area contributed by atoms with Crippen molar-refractivity contribution in [2.75, 3.05) is 0 Å². The average molecular weight is 164 g/mol. The highest BCUT2D eigenvalue weighted by Crippen LogP contribution is 2.17. The molecule has 0 amide bonds. The molecule has 0 atom stereocenters. The highest BCUT2D eigenvalue weighted by atomic mass is 16.3. The van der Waals surface area contributed by atoms with Crippen molar-refractivity contribution in [3.63, 3.8) is 0 Å². The van der Waals surface area contributed by atoms with Crippen LogP contribution >= 0.6 is 0 Å². The number of aromatic hydroxyl groups is 1. The minimum absolute atomic E-state index is 0.0796. The summed E-state index contributed by atoms with van der Waals surface area (Å²) in [5, 5.41) is 9.29. The molecule has 0 saturated heterocycles.